The van der Waals surface area contributed by atoms with Crippen LogP contribution in [0.3, 0.4) is 0 Å². The molecule has 5 heteroatoms. The van der Waals surface area contributed by atoms with Gasteiger partial charge in [0.05, 0.1) is 11.9 Å². The van der Waals surface area contributed by atoms with Crippen LogP contribution < -0.4 is 5.32 Å². The van der Waals surface area contributed by atoms with E-state index in [1.54, 1.807) is 0 Å². The van der Waals surface area contributed by atoms with Crippen LogP contribution in [-0.2, 0) is 6.54 Å². The van der Waals surface area contributed by atoms with Crippen molar-refractivity contribution in [3.63, 3.8) is 0 Å². The van der Waals surface area contributed by atoms with Crippen molar-refractivity contribution in [2.24, 2.45) is 0 Å². The highest BCUT2D eigenvalue weighted by molar-refractivity contribution is 9.10. The van der Waals surface area contributed by atoms with Crippen molar-refractivity contribution in [2.75, 3.05) is 19.6 Å². The average molecular weight is 309 g/mol. The molecule has 18 heavy (non-hydrogen) atoms. The summed E-state index contributed by atoms with van der Waals surface area (Å²) in [5.74, 6) is 0. The molecule has 1 aliphatic heterocycles. The second-order valence-electron chi connectivity index (χ2n) is 4.92. The predicted molar refractivity (Wildman–Crippen MR) is 75.6 cm³/mol. The number of fused-ring (bicyclic) bond motifs is 1. The molecule has 0 radical (unpaired) electrons. The van der Waals surface area contributed by atoms with Crippen LogP contribution >= 0.6 is 15.9 Å². The Morgan fingerprint density at radius 2 is 2.39 bits per heavy atom. The number of nitrogens with zero attached hydrogens (tertiary/aromatic N) is 3. The quantitative estimate of drug-likeness (QED) is 0.919. The molecule has 1 atom stereocenters. The molecule has 0 amide bonds. The van der Waals surface area contributed by atoms with E-state index in [0.29, 0.717) is 6.04 Å². The highest BCUT2D eigenvalue weighted by atomic mass is 79.9. The van der Waals surface area contributed by atoms with E-state index in [9.17, 15) is 0 Å². The van der Waals surface area contributed by atoms with Gasteiger partial charge in [-0.1, -0.05) is 0 Å². The lowest BCUT2D eigenvalue weighted by Gasteiger charge is -2.31. The second-order valence-corrected chi connectivity index (χ2v) is 5.83. The molecule has 2 aromatic heterocycles. The Balaban J connectivity index is 1.83. The number of aromatic nitrogens is 2. The highest BCUT2D eigenvalue weighted by Gasteiger charge is 2.16. The molecule has 1 unspecified atom stereocenters. The van der Waals surface area contributed by atoms with E-state index in [1.165, 1.54) is 5.69 Å². The van der Waals surface area contributed by atoms with Gasteiger partial charge in [-0.05, 0) is 35.0 Å². The zero-order chi connectivity index (χ0) is 12.5. The molecule has 0 saturated carbocycles. The molecular weight excluding hydrogens is 292 g/mol. The summed E-state index contributed by atoms with van der Waals surface area (Å²) in [5.41, 5.74) is 2.26. The van der Waals surface area contributed by atoms with Gasteiger partial charge in [0.25, 0.3) is 0 Å². The first kappa shape index (κ1) is 12.1. The molecule has 3 rings (SSSR count). The molecule has 1 aliphatic rings. The van der Waals surface area contributed by atoms with Crippen molar-refractivity contribution >= 4 is 21.6 Å². The molecule has 4 nitrogen and oxygen atoms in total. The number of nitrogens with one attached hydrogen (secondary N) is 1. The van der Waals surface area contributed by atoms with Crippen LogP contribution in [0.2, 0.25) is 0 Å². The van der Waals surface area contributed by atoms with Gasteiger partial charge >= 0.3 is 0 Å². The summed E-state index contributed by atoms with van der Waals surface area (Å²) in [5, 5.41) is 3.47. The van der Waals surface area contributed by atoms with Gasteiger partial charge in [-0.3, -0.25) is 4.90 Å². The molecule has 2 aromatic rings. The maximum atomic E-state index is 4.44. The molecule has 0 spiro atoms. The molecular formula is C13H17BrN4. The van der Waals surface area contributed by atoms with Crippen molar-refractivity contribution in [1.29, 1.82) is 0 Å². The number of hydrogen-bond acceptors (Lipinski definition) is 3. The molecule has 0 bridgehead atoms. The Hall–Kier alpha value is -0.910. The van der Waals surface area contributed by atoms with Crippen LogP contribution in [0.4, 0.5) is 0 Å². The lowest BCUT2D eigenvalue weighted by atomic mass is 10.2. The van der Waals surface area contributed by atoms with Crippen LogP contribution in [0, 0.1) is 0 Å². The molecule has 1 fully saturated rings. The minimum absolute atomic E-state index is 0.574. The van der Waals surface area contributed by atoms with Gasteiger partial charge in [-0.15, -0.1) is 0 Å². The molecule has 3 heterocycles. The lowest BCUT2D eigenvalue weighted by Crippen LogP contribution is -2.48. The Morgan fingerprint density at radius 3 is 3.22 bits per heavy atom. The third-order valence-electron chi connectivity index (χ3n) is 3.38. The summed E-state index contributed by atoms with van der Waals surface area (Å²) in [6.07, 6.45) is 4.07. The highest BCUT2D eigenvalue weighted by Crippen LogP contribution is 2.15. The van der Waals surface area contributed by atoms with E-state index >= 15 is 0 Å². The number of piperazine rings is 1. The fraction of sp³-hybridized carbons (Fsp3) is 0.462. The third kappa shape index (κ3) is 2.43. The Kier molecular flexibility index (Phi) is 3.37. The smallest absolute Gasteiger partial charge is 0.136 e. The topological polar surface area (TPSA) is 32.6 Å². The molecule has 96 valence electrons. The first-order chi connectivity index (χ1) is 8.72. The maximum Gasteiger partial charge on any atom is 0.136 e. The van der Waals surface area contributed by atoms with Gasteiger partial charge < -0.3 is 9.72 Å². The summed E-state index contributed by atoms with van der Waals surface area (Å²) in [6.45, 7) is 6.47. The molecule has 0 aliphatic carbocycles. The Bertz CT molecular complexity index is 551. The van der Waals surface area contributed by atoms with Crippen molar-refractivity contribution in [3.8, 4) is 0 Å². The Morgan fingerprint density at radius 1 is 1.50 bits per heavy atom. The summed E-state index contributed by atoms with van der Waals surface area (Å²) in [4.78, 5) is 6.92. The summed E-state index contributed by atoms with van der Waals surface area (Å²) < 4.78 is 3.25. The van der Waals surface area contributed by atoms with Crippen LogP contribution in [-0.4, -0.2) is 40.0 Å². The number of pyridine rings is 1. The minimum atomic E-state index is 0.574. The van der Waals surface area contributed by atoms with Crippen LogP contribution in [0.5, 0.6) is 0 Å². The van der Waals surface area contributed by atoms with Gasteiger partial charge in [0, 0.05) is 42.9 Å². The van der Waals surface area contributed by atoms with E-state index in [1.807, 2.05) is 18.3 Å². The largest absolute Gasteiger partial charge is 0.312 e. The van der Waals surface area contributed by atoms with Gasteiger partial charge in [0.1, 0.15) is 5.65 Å². The summed E-state index contributed by atoms with van der Waals surface area (Å²) in [6, 6.07) is 4.64. The molecule has 0 aromatic carbocycles. The van der Waals surface area contributed by atoms with Crippen molar-refractivity contribution in [2.45, 2.75) is 19.5 Å². The zero-order valence-corrected chi connectivity index (χ0v) is 12.0. The number of halogens is 1. The standard InChI is InChI=1S/C13H17BrN4/c1-10-7-17(5-4-15-10)9-12-6-16-13-3-2-11(14)8-18(12)13/h2-3,6,8,10,15H,4-5,7,9H2,1H3. The maximum absolute atomic E-state index is 4.44. The van der Waals surface area contributed by atoms with E-state index in [4.69, 9.17) is 0 Å². The van der Waals surface area contributed by atoms with Crippen molar-refractivity contribution in [3.05, 3.63) is 34.7 Å². The van der Waals surface area contributed by atoms with Crippen molar-refractivity contribution in [1.82, 2.24) is 19.6 Å². The van der Waals surface area contributed by atoms with Crippen LogP contribution in [0.15, 0.2) is 29.0 Å². The fourth-order valence-corrected chi connectivity index (χ4v) is 2.84. The number of rotatable bonds is 2. The lowest BCUT2D eigenvalue weighted by molar-refractivity contribution is 0.197. The van der Waals surface area contributed by atoms with Gasteiger partial charge in [0.2, 0.25) is 0 Å². The average Bonchev–Trinajstić information content (AvgIpc) is 2.72. The van der Waals surface area contributed by atoms with Crippen LogP contribution in [0.25, 0.3) is 5.65 Å². The monoisotopic (exact) mass is 308 g/mol. The minimum Gasteiger partial charge on any atom is -0.312 e. The van der Waals surface area contributed by atoms with E-state index in [-0.39, 0.29) is 0 Å². The van der Waals surface area contributed by atoms with Gasteiger partial charge in [0.15, 0.2) is 0 Å². The Labute approximate surface area is 115 Å². The third-order valence-corrected chi connectivity index (χ3v) is 3.85. The van der Waals surface area contributed by atoms with Crippen molar-refractivity contribution < 1.29 is 0 Å². The SMILES string of the molecule is CC1CN(Cc2cnc3ccc(Br)cn23)CCN1. The first-order valence-electron chi connectivity index (χ1n) is 6.29. The van der Waals surface area contributed by atoms with E-state index in [2.05, 4.69) is 48.7 Å². The predicted octanol–water partition coefficient (Wildman–Crippen LogP) is 1.89. The van der Waals surface area contributed by atoms with Gasteiger partial charge in [-0.25, -0.2) is 4.98 Å². The summed E-state index contributed by atoms with van der Waals surface area (Å²) >= 11 is 3.51. The second kappa shape index (κ2) is 4.99. The van der Waals surface area contributed by atoms with E-state index < -0.39 is 0 Å². The molecule has 1 N–H and O–H groups in total. The van der Waals surface area contributed by atoms with E-state index in [0.717, 1.165) is 36.3 Å². The van der Waals surface area contributed by atoms with Crippen LogP contribution in [0.1, 0.15) is 12.6 Å². The van der Waals surface area contributed by atoms with Gasteiger partial charge in [-0.2, -0.15) is 0 Å². The normalized spacial score (nSPS) is 21.6. The molecule has 1 saturated heterocycles. The number of imidazole rings is 1. The fourth-order valence-electron chi connectivity index (χ4n) is 2.51. The zero-order valence-electron chi connectivity index (χ0n) is 10.4. The summed E-state index contributed by atoms with van der Waals surface area (Å²) in [7, 11) is 0. The first-order valence-corrected chi connectivity index (χ1v) is 7.09. The number of hydrogen-bond donors (Lipinski definition) is 1.